The van der Waals surface area contributed by atoms with Crippen LogP contribution in [0.1, 0.15) is 22.5 Å². The number of amides is 2. The van der Waals surface area contributed by atoms with E-state index in [4.69, 9.17) is 5.73 Å². The number of rotatable bonds is 0. The van der Waals surface area contributed by atoms with Crippen LogP contribution in [0.15, 0.2) is 21.4 Å². The van der Waals surface area contributed by atoms with E-state index in [1.54, 1.807) is 6.20 Å². The minimum absolute atomic E-state index is 0.0734. The first-order chi connectivity index (χ1) is 9.08. The Balaban J connectivity index is 2.25. The zero-order chi connectivity index (χ0) is 13.6. The molecular formula is C11H10BrN5O2. The molecule has 2 aliphatic rings. The second kappa shape index (κ2) is 4.23. The summed E-state index contributed by atoms with van der Waals surface area (Å²) in [7, 11) is 0. The summed E-state index contributed by atoms with van der Waals surface area (Å²) in [4.78, 5) is 30.6. The van der Waals surface area contributed by atoms with Crippen LogP contribution in [0.2, 0.25) is 0 Å². The number of aromatic nitrogens is 1. The smallest absolute Gasteiger partial charge is 0.277 e. The van der Waals surface area contributed by atoms with Crippen molar-refractivity contribution < 1.29 is 9.59 Å². The van der Waals surface area contributed by atoms with Gasteiger partial charge in [0.2, 0.25) is 5.96 Å². The lowest BCUT2D eigenvalue weighted by Gasteiger charge is -2.05. The monoisotopic (exact) mass is 323 g/mol. The number of nitrogens with two attached hydrogens (primary N) is 1. The highest BCUT2D eigenvalue weighted by molar-refractivity contribution is 9.10. The summed E-state index contributed by atoms with van der Waals surface area (Å²) in [5.74, 6) is -0.475. The highest BCUT2D eigenvalue weighted by Gasteiger charge is 2.29. The molecule has 0 atom stereocenters. The third kappa shape index (κ3) is 1.84. The van der Waals surface area contributed by atoms with Gasteiger partial charge in [-0.3, -0.25) is 14.9 Å². The SMILES string of the molecule is NC1=N/C(=C2/CCNC(=O)c3[nH]cc(Br)c32)C(=O)N1. The lowest BCUT2D eigenvalue weighted by molar-refractivity contribution is -0.115. The van der Waals surface area contributed by atoms with Gasteiger partial charge in [-0.25, -0.2) is 4.99 Å². The summed E-state index contributed by atoms with van der Waals surface area (Å²) < 4.78 is 0.718. The van der Waals surface area contributed by atoms with Crippen LogP contribution in [-0.4, -0.2) is 29.3 Å². The number of fused-ring (bicyclic) bond motifs is 1. The number of aromatic amines is 1. The van der Waals surface area contributed by atoms with Gasteiger partial charge in [-0.15, -0.1) is 0 Å². The Hall–Kier alpha value is -2.09. The average molecular weight is 324 g/mol. The second-order valence-corrected chi connectivity index (χ2v) is 5.03. The van der Waals surface area contributed by atoms with Crippen LogP contribution >= 0.6 is 15.9 Å². The van der Waals surface area contributed by atoms with Crippen molar-refractivity contribution in [3.63, 3.8) is 0 Å². The Kier molecular flexibility index (Phi) is 2.67. The molecule has 2 amide bonds. The van der Waals surface area contributed by atoms with Crippen molar-refractivity contribution in [1.29, 1.82) is 0 Å². The van der Waals surface area contributed by atoms with Gasteiger partial charge >= 0.3 is 0 Å². The number of nitrogens with one attached hydrogen (secondary N) is 3. The van der Waals surface area contributed by atoms with E-state index in [0.717, 1.165) is 4.47 Å². The molecule has 0 aliphatic carbocycles. The summed E-state index contributed by atoms with van der Waals surface area (Å²) in [5, 5.41) is 5.20. The Morgan fingerprint density at radius 3 is 2.79 bits per heavy atom. The molecule has 0 radical (unpaired) electrons. The van der Waals surface area contributed by atoms with E-state index in [1.165, 1.54) is 0 Å². The molecule has 2 aliphatic heterocycles. The fourth-order valence-electron chi connectivity index (χ4n) is 2.20. The molecular weight excluding hydrogens is 314 g/mol. The Bertz CT molecular complexity index is 658. The first-order valence-corrected chi connectivity index (χ1v) is 6.41. The summed E-state index contributed by atoms with van der Waals surface area (Å²) in [6, 6.07) is 0. The third-order valence-electron chi connectivity index (χ3n) is 3.00. The van der Waals surface area contributed by atoms with Gasteiger partial charge in [0, 0.05) is 22.8 Å². The van der Waals surface area contributed by atoms with Crippen LogP contribution in [0.25, 0.3) is 5.57 Å². The van der Waals surface area contributed by atoms with E-state index >= 15 is 0 Å². The molecule has 3 heterocycles. The number of hydrogen-bond donors (Lipinski definition) is 4. The van der Waals surface area contributed by atoms with Gasteiger partial charge in [-0.05, 0) is 27.9 Å². The molecule has 3 rings (SSSR count). The van der Waals surface area contributed by atoms with E-state index < -0.39 is 0 Å². The van der Waals surface area contributed by atoms with Crippen molar-refractivity contribution in [3.05, 3.63) is 27.6 Å². The number of nitrogens with zero attached hydrogens (tertiary/aromatic N) is 1. The Labute approximate surface area is 116 Å². The first-order valence-electron chi connectivity index (χ1n) is 5.62. The molecule has 0 saturated carbocycles. The molecule has 1 aromatic rings. The van der Waals surface area contributed by atoms with Crippen LogP contribution in [0.5, 0.6) is 0 Å². The highest BCUT2D eigenvalue weighted by Crippen LogP contribution is 2.34. The van der Waals surface area contributed by atoms with Crippen molar-refractivity contribution in [2.24, 2.45) is 10.7 Å². The van der Waals surface area contributed by atoms with Crippen LogP contribution in [-0.2, 0) is 4.79 Å². The number of halogens is 1. The van der Waals surface area contributed by atoms with Gasteiger partial charge in [-0.1, -0.05) is 0 Å². The summed E-state index contributed by atoms with van der Waals surface area (Å²) in [5.41, 5.74) is 7.54. The number of carbonyl (C=O) groups is 2. The largest absolute Gasteiger partial charge is 0.369 e. The fraction of sp³-hybridized carbons (Fsp3) is 0.182. The average Bonchev–Trinajstić information content (AvgIpc) is 2.83. The Morgan fingerprint density at radius 2 is 2.11 bits per heavy atom. The number of carbonyl (C=O) groups excluding carboxylic acids is 2. The van der Waals surface area contributed by atoms with Gasteiger partial charge in [0.15, 0.2) is 0 Å². The van der Waals surface area contributed by atoms with Gasteiger partial charge in [0.25, 0.3) is 11.8 Å². The number of guanidine groups is 1. The van der Waals surface area contributed by atoms with Gasteiger partial charge in [-0.2, -0.15) is 0 Å². The van der Waals surface area contributed by atoms with Crippen molar-refractivity contribution in [1.82, 2.24) is 15.6 Å². The highest BCUT2D eigenvalue weighted by atomic mass is 79.9. The van der Waals surface area contributed by atoms with Crippen LogP contribution < -0.4 is 16.4 Å². The number of H-pyrrole nitrogens is 1. The van der Waals surface area contributed by atoms with Crippen molar-refractivity contribution in [2.75, 3.05) is 6.54 Å². The third-order valence-corrected chi connectivity index (χ3v) is 3.62. The normalized spacial score (nSPS) is 22.5. The van der Waals surface area contributed by atoms with Gasteiger partial charge < -0.3 is 16.0 Å². The van der Waals surface area contributed by atoms with Gasteiger partial charge in [0.05, 0.1) is 0 Å². The molecule has 0 fully saturated rings. The predicted molar refractivity (Wildman–Crippen MR) is 72.1 cm³/mol. The number of hydrogen-bond acceptors (Lipinski definition) is 4. The molecule has 19 heavy (non-hydrogen) atoms. The van der Waals surface area contributed by atoms with Crippen molar-refractivity contribution in [3.8, 4) is 0 Å². The topological polar surface area (TPSA) is 112 Å². The molecule has 0 saturated heterocycles. The molecule has 0 aromatic carbocycles. The molecule has 0 unspecified atom stereocenters. The summed E-state index contributed by atoms with van der Waals surface area (Å²) >= 11 is 3.38. The standard InChI is InChI=1S/C11H10BrN5O2/c12-5-3-15-8-6(5)4(1-2-14-9(8)18)7-10(19)17-11(13)16-7/h3,15H,1-2H2,(H,14,18)(H3,13,16,17,19)/b7-4-. The maximum atomic E-state index is 11.9. The van der Waals surface area contributed by atoms with Crippen LogP contribution in [0, 0.1) is 0 Å². The second-order valence-electron chi connectivity index (χ2n) is 4.17. The van der Waals surface area contributed by atoms with Crippen molar-refractivity contribution in [2.45, 2.75) is 6.42 Å². The zero-order valence-electron chi connectivity index (χ0n) is 9.71. The van der Waals surface area contributed by atoms with E-state index in [9.17, 15) is 9.59 Å². The molecule has 5 N–H and O–H groups in total. The molecule has 98 valence electrons. The lowest BCUT2D eigenvalue weighted by atomic mass is 10.0. The van der Waals surface area contributed by atoms with E-state index in [-0.39, 0.29) is 23.5 Å². The Morgan fingerprint density at radius 1 is 1.32 bits per heavy atom. The lowest BCUT2D eigenvalue weighted by Crippen LogP contribution is -2.30. The maximum Gasteiger partial charge on any atom is 0.277 e. The van der Waals surface area contributed by atoms with Crippen molar-refractivity contribution >= 4 is 39.3 Å². The van der Waals surface area contributed by atoms with Gasteiger partial charge in [0.1, 0.15) is 11.4 Å². The summed E-state index contributed by atoms with van der Waals surface area (Å²) in [6.45, 7) is 0.440. The maximum absolute atomic E-state index is 11.9. The van der Waals surface area contributed by atoms with E-state index in [0.29, 0.717) is 29.8 Å². The minimum atomic E-state index is -0.346. The number of aliphatic imine (C=N–C) groups is 1. The molecule has 1 aromatic heterocycles. The molecule has 0 spiro atoms. The van der Waals surface area contributed by atoms with E-state index in [2.05, 4.69) is 36.5 Å². The van der Waals surface area contributed by atoms with Crippen LogP contribution in [0.4, 0.5) is 0 Å². The van der Waals surface area contributed by atoms with E-state index in [1.807, 2.05) is 0 Å². The zero-order valence-corrected chi connectivity index (χ0v) is 11.3. The quantitative estimate of drug-likeness (QED) is 0.506. The minimum Gasteiger partial charge on any atom is -0.369 e. The predicted octanol–water partition coefficient (Wildman–Crippen LogP) is 0.0663. The summed E-state index contributed by atoms with van der Waals surface area (Å²) in [6.07, 6.45) is 2.17. The molecule has 8 heteroatoms. The fourth-order valence-corrected chi connectivity index (χ4v) is 2.76. The van der Waals surface area contributed by atoms with Crippen LogP contribution in [0.3, 0.4) is 0 Å². The molecule has 0 bridgehead atoms. The molecule has 7 nitrogen and oxygen atoms in total. The first kappa shape index (κ1) is 12.0.